The van der Waals surface area contributed by atoms with E-state index in [1.807, 2.05) is 0 Å². The lowest BCUT2D eigenvalue weighted by Crippen LogP contribution is -2.53. The van der Waals surface area contributed by atoms with Gasteiger partial charge in [0, 0.05) is 25.2 Å². The van der Waals surface area contributed by atoms with Crippen molar-refractivity contribution in [1.29, 1.82) is 0 Å². The summed E-state index contributed by atoms with van der Waals surface area (Å²) in [5.74, 6) is 0. The third-order valence-electron chi connectivity index (χ3n) is 5.02. The molecule has 1 aliphatic heterocycles. The lowest BCUT2D eigenvalue weighted by atomic mass is 9.93. The van der Waals surface area contributed by atoms with Gasteiger partial charge in [0.2, 0.25) is 0 Å². The first-order valence-corrected chi connectivity index (χ1v) is 8.88. The van der Waals surface area contributed by atoms with E-state index < -0.39 is 0 Å². The maximum absolute atomic E-state index is 6.55. The maximum atomic E-state index is 6.55. The Morgan fingerprint density at radius 3 is 2.15 bits per heavy atom. The molecule has 3 heteroatoms. The fourth-order valence-corrected chi connectivity index (χ4v) is 3.80. The minimum Gasteiger partial charge on any atom is -0.376 e. The summed E-state index contributed by atoms with van der Waals surface area (Å²) in [6.07, 6.45) is 14.0. The summed E-state index contributed by atoms with van der Waals surface area (Å²) < 4.78 is 5.69. The molecule has 118 valence electrons. The zero-order valence-electron chi connectivity index (χ0n) is 13.4. The Kier molecular flexibility index (Phi) is 7.32. The summed E-state index contributed by atoms with van der Waals surface area (Å²) in [4.78, 5) is 2.62. The van der Waals surface area contributed by atoms with Gasteiger partial charge in [0.15, 0.2) is 0 Å². The van der Waals surface area contributed by atoms with Crippen LogP contribution < -0.4 is 5.73 Å². The van der Waals surface area contributed by atoms with Crippen molar-refractivity contribution in [1.82, 2.24) is 4.90 Å². The molecule has 1 heterocycles. The highest BCUT2D eigenvalue weighted by atomic mass is 16.5. The average Bonchev–Trinajstić information content (AvgIpc) is 2.43. The third-order valence-corrected chi connectivity index (χ3v) is 5.02. The molecule has 1 saturated carbocycles. The fourth-order valence-electron chi connectivity index (χ4n) is 3.80. The number of morpholine rings is 1. The summed E-state index contributed by atoms with van der Waals surface area (Å²) in [5, 5.41) is 0. The van der Waals surface area contributed by atoms with Gasteiger partial charge in [-0.1, -0.05) is 51.4 Å². The van der Waals surface area contributed by atoms with Crippen LogP contribution in [0.5, 0.6) is 0 Å². The number of ether oxygens (including phenoxy) is 1. The lowest BCUT2D eigenvalue weighted by molar-refractivity contribution is -0.0399. The van der Waals surface area contributed by atoms with E-state index in [0.717, 1.165) is 19.7 Å². The molecular formula is C17H34N2O. The molecule has 0 aromatic heterocycles. The Labute approximate surface area is 125 Å². The van der Waals surface area contributed by atoms with E-state index in [2.05, 4.69) is 11.8 Å². The molecule has 0 amide bonds. The van der Waals surface area contributed by atoms with E-state index in [1.165, 1.54) is 64.2 Å². The van der Waals surface area contributed by atoms with Crippen LogP contribution in [0.25, 0.3) is 0 Å². The lowest BCUT2D eigenvalue weighted by Gasteiger charge is -2.40. The van der Waals surface area contributed by atoms with Gasteiger partial charge in [-0.25, -0.2) is 0 Å². The number of nitrogens with two attached hydrogens (primary N) is 1. The van der Waals surface area contributed by atoms with Gasteiger partial charge in [-0.15, -0.1) is 0 Å². The first-order valence-electron chi connectivity index (χ1n) is 8.88. The molecule has 2 aliphatic rings. The fraction of sp³-hybridized carbons (Fsp3) is 1.00. The van der Waals surface area contributed by atoms with Gasteiger partial charge < -0.3 is 10.5 Å². The van der Waals surface area contributed by atoms with Gasteiger partial charge in [0.25, 0.3) is 0 Å². The molecule has 3 unspecified atom stereocenters. The van der Waals surface area contributed by atoms with Gasteiger partial charge in [-0.2, -0.15) is 0 Å². The molecule has 3 atom stereocenters. The molecule has 0 bridgehead atoms. The van der Waals surface area contributed by atoms with Crippen molar-refractivity contribution in [2.24, 2.45) is 5.73 Å². The monoisotopic (exact) mass is 282 g/mol. The Balaban J connectivity index is 1.89. The van der Waals surface area contributed by atoms with Gasteiger partial charge in [0.1, 0.15) is 0 Å². The highest BCUT2D eigenvalue weighted by Crippen LogP contribution is 2.21. The molecule has 2 N–H and O–H groups in total. The molecule has 1 saturated heterocycles. The van der Waals surface area contributed by atoms with E-state index in [0.29, 0.717) is 18.2 Å². The topological polar surface area (TPSA) is 38.5 Å². The first-order chi connectivity index (χ1) is 9.77. The van der Waals surface area contributed by atoms with Crippen LogP contribution in [0.15, 0.2) is 0 Å². The van der Waals surface area contributed by atoms with Gasteiger partial charge in [-0.05, 0) is 19.8 Å². The van der Waals surface area contributed by atoms with Crippen molar-refractivity contribution in [2.75, 3.05) is 19.7 Å². The van der Waals surface area contributed by atoms with E-state index in [1.54, 1.807) is 0 Å². The van der Waals surface area contributed by atoms with Crippen LogP contribution in [0, 0.1) is 0 Å². The normalized spacial score (nSPS) is 36.0. The van der Waals surface area contributed by atoms with Crippen molar-refractivity contribution in [3.63, 3.8) is 0 Å². The van der Waals surface area contributed by atoms with Gasteiger partial charge in [0.05, 0.1) is 12.7 Å². The zero-order chi connectivity index (χ0) is 14.2. The van der Waals surface area contributed by atoms with Crippen LogP contribution in [0.2, 0.25) is 0 Å². The molecule has 0 radical (unpaired) electrons. The summed E-state index contributed by atoms with van der Waals surface area (Å²) in [6.45, 7) is 5.21. The number of nitrogens with zero attached hydrogens (tertiary/aromatic N) is 1. The van der Waals surface area contributed by atoms with Gasteiger partial charge >= 0.3 is 0 Å². The van der Waals surface area contributed by atoms with Crippen molar-refractivity contribution in [3.8, 4) is 0 Å². The van der Waals surface area contributed by atoms with Crippen molar-refractivity contribution < 1.29 is 4.74 Å². The smallest absolute Gasteiger partial charge is 0.0674 e. The second-order valence-electron chi connectivity index (χ2n) is 6.81. The average molecular weight is 282 g/mol. The second-order valence-corrected chi connectivity index (χ2v) is 6.81. The number of rotatable bonds is 1. The van der Waals surface area contributed by atoms with E-state index in [-0.39, 0.29) is 0 Å². The zero-order valence-corrected chi connectivity index (χ0v) is 13.4. The minimum atomic E-state index is 0.361. The summed E-state index contributed by atoms with van der Waals surface area (Å²) in [6, 6.07) is 0.945. The quantitative estimate of drug-likeness (QED) is 0.802. The van der Waals surface area contributed by atoms with Crippen LogP contribution in [-0.2, 0) is 4.74 Å². The maximum Gasteiger partial charge on any atom is 0.0674 e. The molecule has 2 rings (SSSR count). The standard InChI is InChI=1S/C17H34N2O/c1-15-14-19(12-13-20-15)17-11-9-7-5-3-2-4-6-8-10-16(17)18/h15-17H,2-14,18H2,1H3. The highest BCUT2D eigenvalue weighted by Gasteiger charge is 2.28. The van der Waals surface area contributed by atoms with Crippen LogP contribution in [0.3, 0.4) is 0 Å². The van der Waals surface area contributed by atoms with Crippen molar-refractivity contribution in [3.05, 3.63) is 0 Å². The second kappa shape index (κ2) is 9.01. The molecule has 0 spiro atoms. The molecule has 3 nitrogen and oxygen atoms in total. The Morgan fingerprint density at radius 2 is 1.50 bits per heavy atom. The summed E-state index contributed by atoms with van der Waals surface area (Å²) >= 11 is 0. The molecule has 0 aromatic rings. The summed E-state index contributed by atoms with van der Waals surface area (Å²) in [5.41, 5.74) is 6.55. The minimum absolute atomic E-state index is 0.361. The van der Waals surface area contributed by atoms with Crippen molar-refractivity contribution >= 4 is 0 Å². The van der Waals surface area contributed by atoms with E-state index in [9.17, 15) is 0 Å². The summed E-state index contributed by atoms with van der Waals surface area (Å²) in [7, 11) is 0. The molecule has 1 aliphatic carbocycles. The number of hydrogen-bond acceptors (Lipinski definition) is 3. The van der Waals surface area contributed by atoms with Crippen molar-refractivity contribution in [2.45, 2.75) is 89.3 Å². The predicted molar refractivity (Wildman–Crippen MR) is 84.9 cm³/mol. The largest absolute Gasteiger partial charge is 0.376 e. The van der Waals surface area contributed by atoms with Crippen LogP contribution in [0.1, 0.15) is 71.1 Å². The Bertz CT molecular complexity index is 259. The third kappa shape index (κ3) is 5.34. The van der Waals surface area contributed by atoms with Crippen LogP contribution in [-0.4, -0.2) is 42.8 Å². The predicted octanol–water partition coefficient (Wildman–Crippen LogP) is 3.32. The molecular weight excluding hydrogens is 248 g/mol. The molecule has 2 fully saturated rings. The Morgan fingerprint density at radius 1 is 0.900 bits per heavy atom. The highest BCUT2D eigenvalue weighted by molar-refractivity contribution is 4.85. The first kappa shape index (κ1) is 16.3. The molecule has 20 heavy (non-hydrogen) atoms. The van der Waals surface area contributed by atoms with E-state index in [4.69, 9.17) is 10.5 Å². The SMILES string of the molecule is CC1CN(C2CCCCCCCCCCC2N)CCO1. The van der Waals surface area contributed by atoms with Crippen LogP contribution in [0.4, 0.5) is 0 Å². The molecule has 0 aromatic carbocycles. The van der Waals surface area contributed by atoms with E-state index >= 15 is 0 Å². The van der Waals surface area contributed by atoms with Crippen LogP contribution >= 0.6 is 0 Å². The Hall–Kier alpha value is -0.120. The van der Waals surface area contributed by atoms with Gasteiger partial charge in [-0.3, -0.25) is 4.90 Å². The number of hydrogen-bond donors (Lipinski definition) is 1.